The molecule has 0 saturated heterocycles. The van der Waals surface area contributed by atoms with Crippen LogP contribution in [-0.4, -0.2) is 25.3 Å². The summed E-state index contributed by atoms with van der Waals surface area (Å²) in [6.45, 7) is -8.72. The van der Waals surface area contributed by atoms with Gasteiger partial charge in [-0.2, -0.15) is 0 Å². The zero-order valence-electron chi connectivity index (χ0n) is 15.2. The molecule has 6 heteroatoms. The quantitative estimate of drug-likeness (QED) is 0.703. The zero-order chi connectivity index (χ0) is 18.0. The first-order chi connectivity index (χ1) is 9.64. The van der Waals surface area contributed by atoms with Gasteiger partial charge in [-0.15, -0.1) is 0 Å². The molecule has 88 valence electrons. The van der Waals surface area contributed by atoms with Crippen molar-refractivity contribution in [3.05, 3.63) is 0 Å². The van der Waals surface area contributed by atoms with Gasteiger partial charge in [-0.1, -0.05) is 20.2 Å². The highest BCUT2D eigenvalue weighted by molar-refractivity contribution is 5.65. The Balaban J connectivity index is 6.38. The van der Waals surface area contributed by atoms with Crippen molar-refractivity contribution in [2.75, 3.05) is 13.1 Å². The van der Waals surface area contributed by atoms with Crippen LogP contribution in [0.25, 0.3) is 0 Å². The van der Waals surface area contributed by atoms with Crippen LogP contribution in [0.1, 0.15) is 36.2 Å². The van der Waals surface area contributed by atoms with E-state index < -0.39 is 44.0 Å². The van der Waals surface area contributed by atoms with Gasteiger partial charge in [-0.25, -0.2) is 9.59 Å². The molecule has 0 bridgehead atoms. The van der Waals surface area contributed by atoms with E-state index in [0.717, 1.165) is 0 Å². The molecule has 0 spiro atoms. The molecule has 4 N–H and O–H groups in total. The molecule has 0 aromatic rings. The van der Waals surface area contributed by atoms with E-state index in [1.54, 1.807) is 0 Å². The standard InChI is InChI=1S/C9H18N2O4/c1-3-4-9(2,5-14-7(10)12)6-15-8(11)13/h3-6H2,1-2H3,(H2,10,12)(H2,11,13)/i2D3,5D2,6D2. The average molecular weight is 225 g/mol. The van der Waals surface area contributed by atoms with Gasteiger partial charge in [0, 0.05) is 9.53 Å². The lowest BCUT2D eigenvalue weighted by molar-refractivity contribution is 0.0367. The van der Waals surface area contributed by atoms with Gasteiger partial charge >= 0.3 is 12.2 Å². The monoisotopic (exact) mass is 225 g/mol. The molecule has 0 fully saturated rings. The Hall–Kier alpha value is -1.46. The van der Waals surface area contributed by atoms with Gasteiger partial charge in [0.15, 0.2) is 0 Å². The lowest BCUT2D eigenvalue weighted by atomic mass is 9.87. The maximum atomic E-state index is 10.9. The fourth-order valence-electron chi connectivity index (χ4n) is 0.773. The van der Waals surface area contributed by atoms with E-state index in [4.69, 9.17) is 21.1 Å². The van der Waals surface area contributed by atoms with E-state index in [1.165, 1.54) is 6.92 Å². The van der Waals surface area contributed by atoms with Crippen molar-refractivity contribution in [2.45, 2.75) is 26.6 Å². The number of amides is 2. The molecular formula is C9H18N2O4. The lowest BCUT2D eigenvalue weighted by Crippen LogP contribution is -2.33. The SMILES string of the molecule is [2H]C([2H])([2H])C(CCC)(C([2H])([2H])OC(N)=O)C([2H])([2H])OC(N)=O. The Kier molecular flexibility index (Phi) is 2.27. The topological polar surface area (TPSA) is 105 Å². The Morgan fingerprint density at radius 3 is 2.07 bits per heavy atom. The van der Waals surface area contributed by atoms with E-state index in [1.807, 2.05) is 0 Å². The smallest absolute Gasteiger partial charge is 0.404 e. The Morgan fingerprint density at radius 1 is 1.33 bits per heavy atom. The molecule has 0 aliphatic heterocycles. The number of hydrogen-bond acceptors (Lipinski definition) is 4. The first-order valence-corrected chi connectivity index (χ1v) is 4.11. The van der Waals surface area contributed by atoms with Gasteiger partial charge in [0.05, 0.1) is 5.48 Å². The molecule has 0 unspecified atom stereocenters. The van der Waals surface area contributed by atoms with Crippen molar-refractivity contribution < 1.29 is 28.7 Å². The Labute approximate surface area is 98.7 Å². The van der Waals surface area contributed by atoms with Crippen LogP contribution >= 0.6 is 0 Å². The summed E-state index contributed by atoms with van der Waals surface area (Å²) in [5.74, 6) is 0. The summed E-state index contributed by atoms with van der Waals surface area (Å²) >= 11 is 0. The molecule has 0 aromatic heterocycles. The van der Waals surface area contributed by atoms with Gasteiger partial charge in [-0.05, 0) is 6.42 Å². The lowest BCUT2D eigenvalue weighted by Gasteiger charge is -2.27. The van der Waals surface area contributed by atoms with Crippen LogP contribution < -0.4 is 11.5 Å². The largest absolute Gasteiger partial charge is 0.449 e. The number of carbonyl (C=O) groups is 2. The van der Waals surface area contributed by atoms with E-state index in [2.05, 4.69) is 9.47 Å². The minimum absolute atomic E-state index is 0.0261. The van der Waals surface area contributed by atoms with Gasteiger partial charge in [-0.3, -0.25) is 0 Å². The van der Waals surface area contributed by atoms with Crippen molar-refractivity contribution in [2.24, 2.45) is 16.9 Å². The second-order valence-corrected chi connectivity index (χ2v) is 2.70. The number of primary amides is 2. The van der Waals surface area contributed by atoms with Crippen LogP contribution in [0.15, 0.2) is 0 Å². The highest BCUT2D eigenvalue weighted by Gasteiger charge is 2.26. The number of hydrogen-bond donors (Lipinski definition) is 2. The number of nitrogens with two attached hydrogens (primary N) is 2. The van der Waals surface area contributed by atoms with Crippen LogP contribution in [0.5, 0.6) is 0 Å². The van der Waals surface area contributed by atoms with Crippen molar-refractivity contribution in [3.8, 4) is 0 Å². The molecular weight excluding hydrogens is 200 g/mol. The molecule has 0 radical (unpaired) electrons. The molecule has 0 aliphatic rings. The third-order valence-electron chi connectivity index (χ3n) is 1.28. The highest BCUT2D eigenvalue weighted by atomic mass is 16.6. The Morgan fingerprint density at radius 2 is 1.80 bits per heavy atom. The van der Waals surface area contributed by atoms with E-state index in [-0.39, 0.29) is 6.42 Å². The predicted molar refractivity (Wildman–Crippen MR) is 54.1 cm³/mol. The van der Waals surface area contributed by atoms with Crippen LogP contribution in [0.4, 0.5) is 9.59 Å². The van der Waals surface area contributed by atoms with Gasteiger partial charge in [0.2, 0.25) is 0 Å². The summed E-state index contributed by atoms with van der Waals surface area (Å²) in [6.07, 6.45) is -3.97. The van der Waals surface area contributed by atoms with Crippen LogP contribution in [0, 0.1) is 5.41 Å². The van der Waals surface area contributed by atoms with Crippen LogP contribution in [0.3, 0.4) is 0 Å². The second kappa shape index (κ2) is 6.10. The summed E-state index contributed by atoms with van der Waals surface area (Å²) in [5, 5.41) is 0. The molecule has 0 saturated carbocycles. The fraction of sp³-hybridized carbons (Fsp3) is 0.778. The molecule has 0 rings (SSSR count). The van der Waals surface area contributed by atoms with Crippen molar-refractivity contribution in [3.63, 3.8) is 0 Å². The third kappa shape index (κ3) is 6.59. The normalized spacial score (nSPS) is 20.5. The van der Waals surface area contributed by atoms with E-state index in [9.17, 15) is 9.59 Å². The predicted octanol–water partition coefficient (Wildman–Crippen LogP) is 0.983. The van der Waals surface area contributed by atoms with E-state index >= 15 is 0 Å². The number of ether oxygens (including phenoxy) is 2. The second-order valence-electron chi connectivity index (χ2n) is 2.70. The summed E-state index contributed by atoms with van der Waals surface area (Å²) in [6, 6.07) is 0. The first-order valence-electron chi connectivity index (χ1n) is 7.61. The first kappa shape index (κ1) is 5.58. The highest BCUT2D eigenvalue weighted by Crippen LogP contribution is 2.24. The van der Waals surface area contributed by atoms with Crippen molar-refractivity contribution >= 4 is 12.2 Å². The third-order valence-corrected chi connectivity index (χ3v) is 1.28. The zero-order valence-corrected chi connectivity index (χ0v) is 8.20. The molecule has 0 heterocycles. The summed E-state index contributed by atoms with van der Waals surface area (Å²) < 4.78 is 61.9. The van der Waals surface area contributed by atoms with E-state index in [0.29, 0.717) is 0 Å². The molecule has 0 aliphatic carbocycles. The van der Waals surface area contributed by atoms with Crippen molar-refractivity contribution in [1.82, 2.24) is 0 Å². The van der Waals surface area contributed by atoms with Crippen LogP contribution in [0.2, 0.25) is 0 Å². The molecule has 0 atom stereocenters. The molecule has 15 heavy (non-hydrogen) atoms. The molecule has 0 aromatic carbocycles. The maximum absolute atomic E-state index is 10.9. The van der Waals surface area contributed by atoms with Gasteiger partial charge in [0.25, 0.3) is 0 Å². The van der Waals surface area contributed by atoms with Crippen LogP contribution in [-0.2, 0) is 9.47 Å². The Bertz CT molecular complexity index is 410. The number of carbonyl (C=O) groups excluding carboxylic acids is 2. The van der Waals surface area contributed by atoms with Crippen molar-refractivity contribution in [1.29, 1.82) is 0 Å². The van der Waals surface area contributed by atoms with Gasteiger partial charge in [0.1, 0.15) is 13.1 Å². The maximum Gasteiger partial charge on any atom is 0.404 e. The summed E-state index contributed by atoms with van der Waals surface area (Å²) in [4.78, 5) is 21.7. The average Bonchev–Trinajstić information content (AvgIpc) is 2.18. The van der Waals surface area contributed by atoms with Gasteiger partial charge < -0.3 is 20.9 Å². The minimum Gasteiger partial charge on any atom is -0.449 e. The molecule has 6 nitrogen and oxygen atoms in total. The summed E-state index contributed by atoms with van der Waals surface area (Å²) in [7, 11) is 0. The molecule has 2 amide bonds. The number of rotatable bonds is 6. The summed E-state index contributed by atoms with van der Waals surface area (Å²) in [5.41, 5.74) is 6.40. The minimum atomic E-state index is -3.40. The fourth-order valence-corrected chi connectivity index (χ4v) is 0.773.